The first-order valence-corrected chi connectivity index (χ1v) is 11.9. The second kappa shape index (κ2) is 10.7. The number of hydrogen-bond acceptors (Lipinski definition) is 7. The number of aromatic nitrogens is 3. The Morgan fingerprint density at radius 3 is 2.31 bits per heavy atom. The van der Waals surface area contributed by atoms with Crippen molar-refractivity contribution in [1.29, 1.82) is 0 Å². The molecule has 4 rings (SSSR count). The molecule has 1 N–H and O–H groups in total. The van der Waals surface area contributed by atoms with Crippen LogP contribution in [0.4, 0.5) is 16.3 Å². The number of rotatable bonds is 6. The molecule has 1 saturated heterocycles. The molecule has 10 nitrogen and oxygen atoms in total. The summed E-state index contributed by atoms with van der Waals surface area (Å²) in [5, 5.41) is 2.82. The number of imidazole rings is 1. The van der Waals surface area contributed by atoms with Gasteiger partial charge >= 0.3 is 6.09 Å². The Kier molecular flexibility index (Phi) is 7.42. The van der Waals surface area contributed by atoms with Gasteiger partial charge in [-0.05, 0) is 57.2 Å². The van der Waals surface area contributed by atoms with Crippen LogP contribution in [0.5, 0.6) is 5.75 Å². The van der Waals surface area contributed by atoms with Crippen LogP contribution in [0.1, 0.15) is 37.0 Å². The first-order chi connectivity index (χ1) is 17.2. The topological polar surface area (TPSA) is 102 Å². The van der Waals surface area contributed by atoms with Crippen LogP contribution in [0.2, 0.25) is 0 Å². The minimum atomic E-state index is -0.506. The Morgan fingerprint density at radius 2 is 1.72 bits per heavy atom. The summed E-state index contributed by atoms with van der Waals surface area (Å²) in [5.74, 6) is 1.68. The van der Waals surface area contributed by atoms with E-state index < -0.39 is 5.60 Å². The molecule has 10 heteroatoms. The molecule has 0 saturated carbocycles. The minimum Gasteiger partial charge on any atom is -0.486 e. The molecule has 190 valence electrons. The van der Waals surface area contributed by atoms with Gasteiger partial charge in [-0.3, -0.25) is 4.79 Å². The number of benzene rings is 1. The number of carbonyl (C=O) groups is 2. The van der Waals surface area contributed by atoms with Gasteiger partial charge in [-0.25, -0.2) is 14.8 Å². The lowest BCUT2D eigenvalue weighted by Gasteiger charge is -2.36. The van der Waals surface area contributed by atoms with Gasteiger partial charge in [-0.1, -0.05) is 0 Å². The van der Waals surface area contributed by atoms with Gasteiger partial charge < -0.3 is 29.2 Å². The molecule has 1 aliphatic rings. The Hall–Kier alpha value is -4.08. The zero-order valence-corrected chi connectivity index (χ0v) is 21.1. The Morgan fingerprint density at radius 1 is 1.00 bits per heavy atom. The molecule has 1 aromatic carbocycles. The predicted molar refractivity (Wildman–Crippen MR) is 136 cm³/mol. The van der Waals surface area contributed by atoms with E-state index in [4.69, 9.17) is 9.47 Å². The standard InChI is InChI=1S/C26H32N6O4/c1-26(2,3)36-25(34)32-15-13-31(14-16-32)20-7-10-22(28-17-20)29-24(33)19-5-8-21(9-6-19)35-18-23-27-11-12-30(23)4/h5-12,17H,13-16,18H2,1-4H3,(H,28,29,33). The molecule has 2 amide bonds. The number of pyridine rings is 1. The highest BCUT2D eigenvalue weighted by Crippen LogP contribution is 2.20. The molecule has 0 radical (unpaired) electrons. The van der Waals surface area contributed by atoms with Crippen LogP contribution in [0.15, 0.2) is 55.0 Å². The maximum absolute atomic E-state index is 12.6. The summed E-state index contributed by atoms with van der Waals surface area (Å²) in [6, 6.07) is 10.6. The van der Waals surface area contributed by atoms with Crippen molar-refractivity contribution in [2.24, 2.45) is 7.05 Å². The molecule has 0 unspecified atom stereocenters. The third-order valence-corrected chi connectivity index (χ3v) is 5.69. The molecule has 0 atom stereocenters. The van der Waals surface area contributed by atoms with E-state index in [1.165, 1.54) is 0 Å². The van der Waals surface area contributed by atoms with E-state index in [2.05, 4.69) is 20.2 Å². The number of nitrogens with one attached hydrogen (secondary N) is 1. The number of nitrogens with zero attached hydrogens (tertiary/aromatic N) is 5. The van der Waals surface area contributed by atoms with Gasteiger partial charge in [-0.2, -0.15) is 0 Å². The van der Waals surface area contributed by atoms with Gasteiger partial charge in [0.2, 0.25) is 0 Å². The fourth-order valence-electron chi connectivity index (χ4n) is 3.70. The molecule has 3 heterocycles. The van der Waals surface area contributed by atoms with E-state index in [0.717, 1.165) is 11.5 Å². The Labute approximate surface area is 210 Å². The third-order valence-electron chi connectivity index (χ3n) is 5.69. The fourth-order valence-corrected chi connectivity index (χ4v) is 3.70. The molecule has 0 bridgehead atoms. The number of piperazine rings is 1. The average Bonchev–Trinajstić information content (AvgIpc) is 3.27. The van der Waals surface area contributed by atoms with Crippen LogP contribution in [0, 0.1) is 0 Å². The zero-order valence-electron chi connectivity index (χ0n) is 21.1. The number of anilines is 2. The SMILES string of the molecule is Cn1ccnc1COc1ccc(C(=O)Nc2ccc(N3CCN(C(=O)OC(C)(C)C)CC3)cn2)cc1. The molecule has 36 heavy (non-hydrogen) atoms. The van der Waals surface area contributed by atoms with Crippen LogP contribution >= 0.6 is 0 Å². The molecule has 1 fully saturated rings. The second-order valence-electron chi connectivity index (χ2n) is 9.58. The lowest BCUT2D eigenvalue weighted by Crippen LogP contribution is -2.50. The lowest BCUT2D eigenvalue weighted by molar-refractivity contribution is 0.0240. The molecular weight excluding hydrogens is 460 g/mol. The normalized spacial score (nSPS) is 13.9. The number of aryl methyl sites for hydroxylation is 1. The quantitative estimate of drug-likeness (QED) is 0.560. The van der Waals surface area contributed by atoms with Crippen molar-refractivity contribution in [1.82, 2.24) is 19.4 Å². The van der Waals surface area contributed by atoms with Crippen LogP contribution < -0.4 is 15.0 Å². The molecule has 0 spiro atoms. The largest absolute Gasteiger partial charge is 0.486 e. The summed E-state index contributed by atoms with van der Waals surface area (Å²) in [6.45, 7) is 8.46. The van der Waals surface area contributed by atoms with Crippen molar-refractivity contribution in [2.75, 3.05) is 36.4 Å². The van der Waals surface area contributed by atoms with E-state index in [1.54, 1.807) is 47.6 Å². The van der Waals surface area contributed by atoms with E-state index in [1.807, 2.05) is 44.6 Å². The minimum absolute atomic E-state index is 0.253. The number of carbonyl (C=O) groups excluding carboxylic acids is 2. The number of ether oxygens (including phenoxy) is 2. The Bertz CT molecular complexity index is 1180. The predicted octanol–water partition coefficient (Wildman–Crippen LogP) is 3.70. The molecular formula is C26H32N6O4. The van der Waals surface area contributed by atoms with Gasteiger partial charge in [0.25, 0.3) is 5.91 Å². The van der Waals surface area contributed by atoms with Crippen LogP contribution in [0.25, 0.3) is 0 Å². The Balaban J connectivity index is 1.26. The summed E-state index contributed by atoms with van der Waals surface area (Å²) in [4.78, 5) is 37.4. The maximum Gasteiger partial charge on any atom is 0.410 e. The molecule has 2 aromatic heterocycles. The van der Waals surface area contributed by atoms with E-state index in [-0.39, 0.29) is 12.0 Å². The number of amides is 2. The summed E-state index contributed by atoms with van der Waals surface area (Å²) in [7, 11) is 1.91. The summed E-state index contributed by atoms with van der Waals surface area (Å²) < 4.78 is 13.1. The maximum atomic E-state index is 12.6. The summed E-state index contributed by atoms with van der Waals surface area (Å²) in [6.07, 6.45) is 5.03. The van der Waals surface area contributed by atoms with Crippen molar-refractivity contribution in [3.63, 3.8) is 0 Å². The van der Waals surface area contributed by atoms with Gasteiger partial charge in [0.05, 0.1) is 11.9 Å². The average molecular weight is 493 g/mol. The smallest absolute Gasteiger partial charge is 0.410 e. The van der Waals surface area contributed by atoms with Crippen molar-refractivity contribution >= 4 is 23.5 Å². The third kappa shape index (κ3) is 6.53. The first kappa shape index (κ1) is 25.0. The molecule has 3 aromatic rings. The van der Waals surface area contributed by atoms with E-state index in [0.29, 0.717) is 49.9 Å². The summed E-state index contributed by atoms with van der Waals surface area (Å²) in [5.41, 5.74) is 0.934. The fraction of sp³-hybridized carbons (Fsp3) is 0.385. The van der Waals surface area contributed by atoms with Gasteiger partial charge in [0.15, 0.2) is 0 Å². The van der Waals surface area contributed by atoms with E-state index >= 15 is 0 Å². The van der Waals surface area contributed by atoms with Crippen molar-refractivity contribution in [3.05, 3.63) is 66.4 Å². The summed E-state index contributed by atoms with van der Waals surface area (Å²) >= 11 is 0. The van der Waals surface area contributed by atoms with Crippen LogP contribution in [-0.2, 0) is 18.4 Å². The van der Waals surface area contributed by atoms with E-state index in [9.17, 15) is 9.59 Å². The highest BCUT2D eigenvalue weighted by atomic mass is 16.6. The zero-order chi connectivity index (χ0) is 25.7. The van der Waals surface area contributed by atoms with Crippen LogP contribution in [0.3, 0.4) is 0 Å². The van der Waals surface area contributed by atoms with Gasteiger partial charge in [0, 0.05) is 51.2 Å². The first-order valence-electron chi connectivity index (χ1n) is 11.9. The second-order valence-corrected chi connectivity index (χ2v) is 9.58. The highest BCUT2D eigenvalue weighted by molar-refractivity contribution is 6.03. The highest BCUT2D eigenvalue weighted by Gasteiger charge is 2.26. The van der Waals surface area contributed by atoms with Crippen molar-refractivity contribution in [3.8, 4) is 5.75 Å². The van der Waals surface area contributed by atoms with Crippen LogP contribution in [-0.4, -0.2) is 63.2 Å². The van der Waals surface area contributed by atoms with Crippen molar-refractivity contribution in [2.45, 2.75) is 33.0 Å². The molecule has 1 aliphatic heterocycles. The molecule has 0 aliphatic carbocycles. The number of hydrogen-bond donors (Lipinski definition) is 1. The van der Waals surface area contributed by atoms with Gasteiger partial charge in [-0.15, -0.1) is 0 Å². The van der Waals surface area contributed by atoms with Gasteiger partial charge in [0.1, 0.15) is 29.6 Å². The lowest BCUT2D eigenvalue weighted by atomic mass is 10.2. The van der Waals surface area contributed by atoms with Crippen molar-refractivity contribution < 1.29 is 19.1 Å². The monoisotopic (exact) mass is 492 g/mol.